The summed E-state index contributed by atoms with van der Waals surface area (Å²) >= 11 is 0. The van der Waals surface area contributed by atoms with Crippen molar-refractivity contribution in [3.05, 3.63) is 77.9 Å². The number of fused-ring (bicyclic) bond motifs is 1. The molecule has 2 aromatic heterocycles. The highest BCUT2D eigenvalue weighted by Gasteiger charge is 2.17. The van der Waals surface area contributed by atoms with Gasteiger partial charge in [0, 0.05) is 23.4 Å². The van der Waals surface area contributed by atoms with Crippen LogP contribution in [0.4, 0.5) is 4.39 Å². The Morgan fingerprint density at radius 1 is 1.19 bits per heavy atom. The van der Waals surface area contributed by atoms with Crippen molar-refractivity contribution in [1.82, 2.24) is 9.61 Å². The lowest BCUT2D eigenvalue weighted by molar-refractivity contribution is -0.131. The van der Waals surface area contributed by atoms with Crippen LogP contribution < -0.4 is 0 Å². The number of rotatable bonds is 5. The zero-order valence-corrected chi connectivity index (χ0v) is 14.6. The number of hydrogen-bond donors (Lipinski definition) is 1. The van der Waals surface area contributed by atoms with Gasteiger partial charge in [0.25, 0.3) is 0 Å². The molecule has 5 heteroatoms. The maximum atomic E-state index is 13.4. The highest BCUT2D eigenvalue weighted by Crippen LogP contribution is 2.34. The fraction of sp³-hybridized carbons (Fsp3) is 0.143. The van der Waals surface area contributed by atoms with Gasteiger partial charge in [0.05, 0.1) is 11.2 Å². The first kappa shape index (κ1) is 17.6. The van der Waals surface area contributed by atoms with E-state index in [1.54, 1.807) is 18.2 Å². The average Bonchev–Trinajstić information content (AvgIpc) is 3.06. The summed E-state index contributed by atoms with van der Waals surface area (Å²) in [6.45, 7) is 4.10. The number of carbonyl (C=O) groups is 1. The van der Waals surface area contributed by atoms with E-state index < -0.39 is 5.97 Å². The van der Waals surface area contributed by atoms with Gasteiger partial charge >= 0.3 is 5.97 Å². The molecule has 0 radical (unpaired) electrons. The molecule has 4 nitrogen and oxygen atoms in total. The quantitative estimate of drug-likeness (QED) is 0.525. The van der Waals surface area contributed by atoms with E-state index in [1.165, 1.54) is 18.2 Å². The standard InChI is InChI=1S/C21H19FN2O2/c1-14(2)21-17(6-3-4-8-19(25)26)20(15-9-11-16(22)12-10-15)18-7-5-13-24(18)23-21/h3-14H,1-2H3,(H,25,26)/b6-3+,8-4+. The van der Waals surface area contributed by atoms with Crippen molar-refractivity contribution in [2.24, 2.45) is 0 Å². The fourth-order valence-electron chi connectivity index (χ4n) is 2.90. The number of halogens is 1. The predicted octanol–water partition coefficient (Wildman–Crippen LogP) is 4.92. The maximum Gasteiger partial charge on any atom is 0.328 e. The van der Waals surface area contributed by atoms with Crippen molar-refractivity contribution < 1.29 is 14.3 Å². The molecule has 0 fully saturated rings. The van der Waals surface area contributed by atoms with Crippen LogP contribution in [0, 0.1) is 5.82 Å². The van der Waals surface area contributed by atoms with E-state index in [2.05, 4.69) is 13.8 Å². The van der Waals surface area contributed by atoms with Crippen LogP contribution in [0.3, 0.4) is 0 Å². The number of nitrogens with zero attached hydrogens (tertiary/aromatic N) is 2. The van der Waals surface area contributed by atoms with Gasteiger partial charge in [-0.15, -0.1) is 0 Å². The van der Waals surface area contributed by atoms with Crippen LogP contribution in [-0.4, -0.2) is 20.7 Å². The van der Waals surface area contributed by atoms with Gasteiger partial charge in [-0.05, 0) is 35.7 Å². The van der Waals surface area contributed by atoms with Gasteiger partial charge in [0.1, 0.15) is 5.82 Å². The molecule has 1 N–H and O–H groups in total. The summed E-state index contributed by atoms with van der Waals surface area (Å²) in [5.74, 6) is -1.14. The van der Waals surface area contributed by atoms with Gasteiger partial charge in [0.15, 0.2) is 0 Å². The lowest BCUT2D eigenvalue weighted by Crippen LogP contribution is -2.05. The van der Waals surface area contributed by atoms with Crippen LogP contribution in [0.5, 0.6) is 0 Å². The summed E-state index contributed by atoms with van der Waals surface area (Å²) in [7, 11) is 0. The number of carboxylic acid groups (broad SMARTS) is 1. The Morgan fingerprint density at radius 3 is 2.58 bits per heavy atom. The molecule has 0 saturated carbocycles. The molecular formula is C21H19FN2O2. The molecule has 0 saturated heterocycles. The van der Waals surface area contributed by atoms with E-state index >= 15 is 0 Å². The number of aromatic nitrogens is 2. The molecule has 0 aliphatic heterocycles. The number of hydrogen-bond acceptors (Lipinski definition) is 2. The third kappa shape index (κ3) is 3.57. The molecule has 0 atom stereocenters. The molecule has 26 heavy (non-hydrogen) atoms. The van der Waals surface area contributed by atoms with Crippen molar-refractivity contribution in [1.29, 1.82) is 0 Å². The molecule has 0 spiro atoms. The number of allylic oxidation sites excluding steroid dienone is 2. The number of benzene rings is 1. The smallest absolute Gasteiger partial charge is 0.328 e. The number of carboxylic acids is 1. The highest BCUT2D eigenvalue weighted by atomic mass is 19.1. The van der Waals surface area contributed by atoms with Crippen molar-refractivity contribution in [3.63, 3.8) is 0 Å². The molecule has 3 rings (SSSR count). The maximum absolute atomic E-state index is 13.4. The Kier molecular flexibility index (Phi) is 4.98. The van der Waals surface area contributed by atoms with Crippen molar-refractivity contribution >= 4 is 17.6 Å². The van der Waals surface area contributed by atoms with Gasteiger partial charge in [-0.3, -0.25) is 0 Å². The summed E-state index contributed by atoms with van der Waals surface area (Å²) in [4.78, 5) is 10.7. The highest BCUT2D eigenvalue weighted by molar-refractivity contribution is 5.89. The second kappa shape index (κ2) is 7.35. The Labute approximate surface area is 150 Å². The van der Waals surface area contributed by atoms with E-state index in [9.17, 15) is 9.18 Å². The van der Waals surface area contributed by atoms with E-state index in [1.807, 2.05) is 28.9 Å². The van der Waals surface area contributed by atoms with Crippen molar-refractivity contribution in [2.75, 3.05) is 0 Å². The summed E-state index contributed by atoms with van der Waals surface area (Å²) in [5.41, 5.74) is 4.50. The molecule has 132 valence electrons. The first-order chi connectivity index (χ1) is 12.5. The summed E-state index contributed by atoms with van der Waals surface area (Å²) in [5, 5.41) is 13.5. The summed E-state index contributed by atoms with van der Waals surface area (Å²) in [6.07, 6.45) is 7.97. The van der Waals surface area contributed by atoms with Crippen LogP contribution >= 0.6 is 0 Å². The van der Waals surface area contributed by atoms with Gasteiger partial charge in [-0.25, -0.2) is 13.7 Å². The molecule has 0 aliphatic carbocycles. The van der Waals surface area contributed by atoms with Crippen LogP contribution in [0.1, 0.15) is 31.0 Å². The fourth-order valence-corrected chi connectivity index (χ4v) is 2.90. The summed E-state index contributed by atoms with van der Waals surface area (Å²) in [6, 6.07) is 10.2. The molecular weight excluding hydrogens is 331 g/mol. The lowest BCUT2D eigenvalue weighted by atomic mass is 9.94. The van der Waals surface area contributed by atoms with Gasteiger partial charge < -0.3 is 5.11 Å². The van der Waals surface area contributed by atoms with Crippen molar-refractivity contribution in [2.45, 2.75) is 19.8 Å². The monoisotopic (exact) mass is 350 g/mol. The third-order valence-corrected chi connectivity index (χ3v) is 4.04. The first-order valence-electron chi connectivity index (χ1n) is 8.32. The predicted molar refractivity (Wildman–Crippen MR) is 100 cm³/mol. The largest absolute Gasteiger partial charge is 0.478 e. The Hall–Kier alpha value is -3.21. The normalized spacial score (nSPS) is 12.0. The Balaban J connectivity index is 2.27. The minimum absolute atomic E-state index is 0.157. The van der Waals surface area contributed by atoms with Crippen LogP contribution in [-0.2, 0) is 4.79 Å². The van der Waals surface area contributed by atoms with Crippen LogP contribution in [0.25, 0.3) is 22.7 Å². The second-order valence-electron chi connectivity index (χ2n) is 6.23. The number of aliphatic carboxylic acids is 1. The van der Waals surface area contributed by atoms with Gasteiger partial charge in [-0.1, -0.05) is 44.2 Å². The van der Waals surface area contributed by atoms with E-state index in [4.69, 9.17) is 10.2 Å². The van der Waals surface area contributed by atoms with Gasteiger partial charge in [0.2, 0.25) is 0 Å². The van der Waals surface area contributed by atoms with E-state index in [0.717, 1.165) is 34.0 Å². The van der Waals surface area contributed by atoms with E-state index in [-0.39, 0.29) is 11.7 Å². The molecule has 0 unspecified atom stereocenters. The Morgan fingerprint density at radius 2 is 1.92 bits per heavy atom. The molecule has 0 amide bonds. The zero-order chi connectivity index (χ0) is 18.7. The molecule has 3 aromatic rings. The Bertz CT molecular complexity index is 999. The lowest BCUT2D eigenvalue weighted by Gasteiger charge is -2.16. The average molecular weight is 350 g/mol. The minimum atomic E-state index is -1.00. The van der Waals surface area contributed by atoms with Crippen LogP contribution in [0.2, 0.25) is 0 Å². The van der Waals surface area contributed by atoms with Gasteiger partial charge in [-0.2, -0.15) is 5.10 Å². The third-order valence-electron chi connectivity index (χ3n) is 4.04. The first-order valence-corrected chi connectivity index (χ1v) is 8.32. The van der Waals surface area contributed by atoms with Crippen molar-refractivity contribution in [3.8, 4) is 11.1 Å². The SMILES string of the molecule is CC(C)c1nn2cccc2c(-c2ccc(F)cc2)c1/C=C/C=C/C(=O)O. The molecule has 1 aromatic carbocycles. The van der Waals surface area contributed by atoms with E-state index in [0.29, 0.717) is 0 Å². The molecule has 2 heterocycles. The molecule has 0 bridgehead atoms. The minimum Gasteiger partial charge on any atom is -0.478 e. The zero-order valence-electron chi connectivity index (χ0n) is 14.6. The molecule has 0 aliphatic rings. The van der Waals surface area contributed by atoms with Crippen LogP contribution in [0.15, 0.2) is 60.8 Å². The summed E-state index contributed by atoms with van der Waals surface area (Å²) < 4.78 is 15.2. The second-order valence-corrected chi connectivity index (χ2v) is 6.23. The topological polar surface area (TPSA) is 54.6 Å².